The number of nitrogens with one attached hydrogen (secondary N) is 2. The Morgan fingerprint density at radius 3 is 3.00 bits per heavy atom. The van der Waals surface area contributed by atoms with Gasteiger partial charge in [-0.1, -0.05) is 30.3 Å². The first-order valence-corrected chi connectivity index (χ1v) is 8.40. The smallest absolute Gasteiger partial charge is 0.229 e. The zero-order valence-electron chi connectivity index (χ0n) is 13.7. The van der Waals surface area contributed by atoms with E-state index in [4.69, 9.17) is 0 Å². The molecule has 3 aromatic rings. The van der Waals surface area contributed by atoms with Gasteiger partial charge in [0.1, 0.15) is 5.82 Å². The first kappa shape index (κ1) is 15.8. The second-order valence-corrected chi connectivity index (χ2v) is 6.26. The van der Waals surface area contributed by atoms with Crippen LogP contribution in [0.5, 0.6) is 0 Å². The van der Waals surface area contributed by atoms with E-state index in [1.54, 1.807) is 6.07 Å². The summed E-state index contributed by atoms with van der Waals surface area (Å²) in [4.78, 5) is 14.8. The van der Waals surface area contributed by atoms with Gasteiger partial charge in [-0.05, 0) is 23.8 Å². The van der Waals surface area contributed by atoms with E-state index in [1.807, 2.05) is 35.2 Å². The summed E-state index contributed by atoms with van der Waals surface area (Å²) in [5, 5.41) is 11.5. The molecule has 1 amide bonds. The van der Waals surface area contributed by atoms with Crippen LogP contribution in [0.2, 0.25) is 0 Å². The van der Waals surface area contributed by atoms with Crippen molar-refractivity contribution in [2.75, 3.05) is 19.6 Å². The molecule has 1 fully saturated rings. The Hall–Kier alpha value is -2.73. The number of nitrogens with zero attached hydrogens (tertiary/aromatic N) is 2. The van der Waals surface area contributed by atoms with Crippen molar-refractivity contribution in [1.82, 2.24) is 20.4 Å². The molecule has 0 saturated carbocycles. The molecule has 25 heavy (non-hydrogen) atoms. The van der Waals surface area contributed by atoms with Crippen LogP contribution in [0.1, 0.15) is 17.3 Å². The van der Waals surface area contributed by atoms with E-state index < -0.39 is 0 Å². The Bertz CT molecular complexity index is 907. The van der Waals surface area contributed by atoms with Crippen LogP contribution in [0.15, 0.2) is 48.5 Å². The fourth-order valence-corrected chi connectivity index (χ4v) is 3.42. The molecule has 2 heterocycles. The summed E-state index contributed by atoms with van der Waals surface area (Å²) in [5.74, 6) is -0.264. The van der Waals surface area contributed by atoms with Gasteiger partial charge in [0.05, 0.1) is 23.7 Å². The van der Waals surface area contributed by atoms with Crippen molar-refractivity contribution >= 4 is 16.8 Å². The van der Waals surface area contributed by atoms with Gasteiger partial charge in [-0.2, -0.15) is 5.10 Å². The Morgan fingerprint density at radius 2 is 2.12 bits per heavy atom. The average molecular weight is 338 g/mol. The van der Waals surface area contributed by atoms with Crippen LogP contribution in [0.4, 0.5) is 4.39 Å². The van der Waals surface area contributed by atoms with E-state index in [9.17, 15) is 9.18 Å². The maximum Gasteiger partial charge on any atom is 0.229 e. The molecular formula is C19H19FN4O. The molecule has 1 saturated heterocycles. The number of benzene rings is 2. The number of H-pyrrole nitrogens is 1. The third-order valence-electron chi connectivity index (χ3n) is 4.67. The normalized spacial score (nSPS) is 17.8. The van der Waals surface area contributed by atoms with Gasteiger partial charge in [0.25, 0.3) is 0 Å². The van der Waals surface area contributed by atoms with E-state index in [1.165, 1.54) is 12.1 Å². The summed E-state index contributed by atoms with van der Waals surface area (Å²) in [6, 6.07) is 14.1. The maximum atomic E-state index is 13.6. The average Bonchev–Trinajstić information content (AvgIpc) is 3.05. The predicted octanol–water partition coefficient (Wildman–Crippen LogP) is 2.42. The lowest BCUT2D eigenvalue weighted by atomic mass is 10.0. The fourth-order valence-electron chi connectivity index (χ4n) is 3.42. The zero-order chi connectivity index (χ0) is 17.2. The molecule has 2 aromatic carbocycles. The molecule has 0 spiro atoms. The molecule has 0 radical (unpaired) electrons. The Balaban J connectivity index is 1.59. The Morgan fingerprint density at radius 1 is 1.24 bits per heavy atom. The molecule has 0 aliphatic carbocycles. The number of aromatic amines is 1. The highest BCUT2D eigenvalue weighted by Gasteiger charge is 2.28. The third-order valence-corrected chi connectivity index (χ3v) is 4.67. The lowest BCUT2D eigenvalue weighted by Crippen LogP contribution is -2.49. The number of hydrogen-bond acceptors (Lipinski definition) is 3. The first-order valence-electron chi connectivity index (χ1n) is 8.40. The number of carbonyl (C=O) groups excluding carboxylic acids is 1. The summed E-state index contributed by atoms with van der Waals surface area (Å²) >= 11 is 0. The second kappa shape index (κ2) is 6.64. The number of hydrogen-bond donors (Lipinski definition) is 2. The highest BCUT2D eigenvalue weighted by molar-refractivity contribution is 5.87. The fraction of sp³-hybridized carbons (Fsp3) is 0.263. The van der Waals surface area contributed by atoms with E-state index >= 15 is 0 Å². The van der Waals surface area contributed by atoms with Crippen LogP contribution in [0.3, 0.4) is 0 Å². The number of rotatable bonds is 3. The second-order valence-electron chi connectivity index (χ2n) is 6.26. The third kappa shape index (κ3) is 3.13. The van der Waals surface area contributed by atoms with Crippen molar-refractivity contribution in [3.8, 4) is 0 Å². The number of para-hydroxylation sites is 1. The van der Waals surface area contributed by atoms with Gasteiger partial charge in [-0.15, -0.1) is 0 Å². The van der Waals surface area contributed by atoms with Crippen molar-refractivity contribution in [1.29, 1.82) is 0 Å². The molecule has 2 N–H and O–H groups in total. The van der Waals surface area contributed by atoms with Crippen molar-refractivity contribution in [2.45, 2.75) is 12.5 Å². The minimum atomic E-state index is -0.282. The largest absolute Gasteiger partial charge is 0.333 e. The number of aromatic nitrogens is 2. The highest BCUT2D eigenvalue weighted by atomic mass is 19.1. The molecule has 5 nitrogen and oxygen atoms in total. The van der Waals surface area contributed by atoms with Gasteiger partial charge in [0.15, 0.2) is 0 Å². The number of piperazine rings is 1. The topological polar surface area (TPSA) is 61.0 Å². The maximum absolute atomic E-state index is 13.6. The van der Waals surface area contributed by atoms with Crippen LogP contribution in [0, 0.1) is 5.82 Å². The molecule has 6 heteroatoms. The van der Waals surface area contributed by atoms with Crippen LogP contribution in [-0.2, 0) is 11.2 Å². The highest BCUT2D eigenvalue weighted by Crippen LogP contribution is 2.24. The minimum absolute atomic E-state index is 0.0187. The van der Waals surface area contributed by atoms with E-state index in [2.05, 4.69) is 15.5 Å². The van der Waals surface area contributed by atoms with Crippen LogP contribution in [-0.4, -0.2) is 40.6 Å². The van der Waals surface area contributed by atoms with Gasteiger partial charge in [-0.25, -0.2) is 4.39 Å². The summed E-state index contributed by atoms with van der Waals surface area (Å²) in [5.41, 5.74) is 2.49. The van der Waals surface area contributed by atoms with Crippen LogP contribution >= 0.6 is 0 Å². The standard InChI is InChI=1S/C19H19FN4O/c20-14-5-3-4-13(10-14)18-12-21-8-9-24(18)19(25)11-17-15-6-1-2-7-16(15)22-23-17/h1-7,10,18,21H,8-9,11-12H2,(H,22,23). The molecule has 1 aromatic heterocycles. The van der Waals surface area contributed by atoms with E-state index in [-0.39, 0.29) is 24.2 Å². The quantitative estimate of drug-likeness (QED) is 0.771. The van der Waals surface area contributed by atoms with Gasteiger partial charge in [0, 0.05) is 25.0 Å². The molecule has 1 unspecified atom stereocenters. The van der Waals surface area contributed by atoms with Gasteiger partial charge in [0.2, 0.25) is 5.91 Å². The molecule has 0 bridgehead atoms. The van der Waals surface area contributed by atoms with Crippen LogP contribution < -0.4 is 5.32 Å². The Kier molecular flexibility index (Phi) is 4.19. The lowest BCUT2D eigenvalue weighted by Gasteiger charge is -2.36. The summed E-state index contributed by atoms with van der Waals surface area (Å²) in [7, 11) is 0. The SMILES string of the molecule is O=C(Cc1[nH]nc2ccccc12)N1CCNCC1c1cccc(F)c1. The molecule has 4 rings (SSSR count). The van der Waals surface area contributed by atoms with Crippen molar-refractivity contribution in [3.63, 3.8) is 0 Å². The molecule has 1 atom stereocenters. The molecule has 1 aliphatic heterocycles. The number of fused-ring (bicyclic) bond motifs is 1. The summed E-state index contributed by atoms with van der Waals surface area (Å²) < 4.78 is 13.6. The van der Waals surface area contributed by atoms with Gasteiger partial charge >= 0.3 is 0 Å². The van der Waals surface area contributed by atoms with Crippen molar-refractivity contribution in [3.05, 3.63) is 65.6 Å². The van der Waals surface area contributed by atoms with Gasteiger partial charge in [-0.3, -0.25) is 9.89 Å². The van der Waals surface area contributed by atoms with Crippen molar-refractivity contribution < 1.29 is 9.18 Å². The first-order chi connectivity index (χ1) is 12.2. The lowest BCUT2D eigenvalue weighted by molar-refractivity contribution is -0.133. The Labute approximate surface area is 144 Å². The molecule has 1 aliphatic rings. The number of amides is 1. The minimum Gasteiger partial charge on any atom is -0.333 e. The monoisotopic (exact) mass is 338 g/mol. The predicted molar refractivity (Wildman–Crippen MR) is 93.5 cm³/mol. The number of carbonyl (C=O) groups is 1. The van der Waals surface area contributed by atoms with Gasteiger partial charge < -0.3 is 10.2 Å². The van der Waals surface area contributed by atoms with E-state index in [0.29, 0.717) is 13.1 Å². The zero-order valence-corrected chi connectivity index (χ0v) is 13.7. The van der Waals surface area contributed by atoms with E-state index in [0.717, 1.165) is 28.7 Å². The summed E-state index contributed by atoms with van der Waals surface area (Å²) in [6.07, 6.45) is 0.256. The molecular weight excluding hydrogens is 319 g/mol. The van der Waals surface area contributed by atoms with Crippen LogP contribution in [0.25, 0.3) is 10.9 Å². The van der Waals surface area contributed by atoms with Crippen molar-refractivity contribution in [2.24, 2.45) is 0 Å². The summed E-state index contributed by atoms with van der Waals surface area (Å²) in [6.45, 7) is 1.96. The number of halogens is 1. The molecule has 128 valence electrons.